The summed E-state index contributed by atoms with van der Waals surface area (Å²) in [7, 11) is 3.32. The Labute approximate surface area is 162 Å². The van der Waals surface area contributed by atoms with Gasteiger partial charge >= 0.3 is 0 Å². The van der Waals surface area contributed by atoms with E-state index in [1.807, 2.05) is 31.2 Å². The maximum Gasteiger partial charge on any atom is 0.239 e. The molecule has 7 nitrogen and oxygen atoms in total. The van der Waals surface area contributed by atoms with Gasteiger partial charge in [-0.1, -0.05) is 26.0 Å². The number of ether oxygens (including phenoxy) is 2. The molecule has 0 heterocycles. The molecular weight excluding hydrogens is 344 g/mol. The number of methoxy groups -OCH3 is 1. The second-order valence-corrected chi connectivity index (χ2v) is 6.50. The van der Waals surface area contributed by atoms with Gasteiger partial charge < -0.3 is 25.4 Å². The molecule has 1 aromatic carbocycles. The molecule has 0 bridgehead atoms. The van der Waals surface area contributed by atoms with Crippen molar-refractivity contribution in [1.29, 1.82) is 0 Å². The van der Waals surface area contributed by atoms with E-state index in [0.717, 1.165) is 24.3 Å². The molecule has 152 valence electrons. The molecule has 0 saturated heterocycles. The van der Waals surface area contributed by atoms with Crippen molar-refractivity contribution in [3.63, 3.8) is 0 Å². The van der Waals surface area contributed by atoms with Gasteiger partial charge in [0.1, 0.15) is 5.75 Å². The van der Waals surface area contributed by atoms with Crippen molar-refractivity contribution in [1.82, 2.24) is 16.0 Å². The van der Waals surface area contributed by atoms with Crippen LogP contribution in [0.3, 0.4) is 0 Å². The number of amides is 1. The van der Waals surface area contributed by atoms with Crippen LogP contribution in [0, 0.1) is 5.92 Å². The van der Waals surface area contributed by atoms with Crippen molar-refractivity contribution in [3.8, 4) is 5.75 Å². The monoisotopic (exact) mass is 378 g/mol. The predicted octanol–water partition coefficient (Wildman–Crippen LogP) is 1.93. The Morgan fingerprint density at radius 1 is 1.15 bits per heavy atom. The molecule has 0 aliphatic carbocycles. The molecule has 1 atom stereocenters. The number of rotatable bonds is 11. The van der Waals surface area contributed by atoms with Crippen molar-refractivity contribution in [2.24, 2.45) is 10.9 Å². The second kappa shape index (κ2) is 13.0. The predicted molar refractivity (Wildman–Crippen MR) is 109 cm³/mol. The van der Waals surface area contributed by atoms with Gasteiger partial charge in [-0.2, -0.15) is 0 Å². The maximum absolute atomic E-state index is 12.0. The van der Waals surface area contributed by atoms with E-state index in [4.69, 9.17) is 9.47 Å². The van der Waals surface area contributed by atoms with Crippen molar-refractivity contribution < 1.29 is 14.3 Å². The molecule has 0 fully saturated rings. The van der Waals surface area contributed by atoms with Crippen LogP contribution in [-0.4, -0.2) is 51.8 Å². The quantitative estimate of drug-likeness (QED) is 0.405. The van der Waals surface area contributed by atoms with Crippen molar-refractivity contribution in [2.45, 2.75) is 39.8 Å². The molecule has 1 aromatic rings. The SMILES string of the molecule is CCOC(CCNC(=NC)NCC(=O)NCc1ccc(OC)cc1)C(C)C. The molecule has 0 aliphatic rings. The Balaban J connectivity index is 2.29. The molecule has 0 aromatic heterocycles. The highest BCUT2D eigenvalue weighted by atomic mass is 16.5. The third kappa shape index (κ3) is 9.28. The standard InChI is InChI=1S/C20H34N4O3/c1-6-27-18(15(2)3)11-12-22-20(21-4)24-14-19(25)23-13-16-7-9-17(26-5)10-8-16/h7-10,15,18H,6,11-14H2,1-5H3,(H,23,25)(H2,21,22,24). The zero-order chi connectivity index (χ0) is 20.1. The van der Waals surface area contributed by atoms with Gasteiger partial charge in [-0.05, 0) is 37.0 Å². The van der Waals surface area contributed by atoms with E-state index in [1.165, 1.54) is 0 Å². The van der Waals surface area contributed by atoms with Gasteiger partial charge in [0, 0.05) is 26.7 Å². The van der Waals surface area contributed by atoms with Crippen molar-refractivity contribution in [2.75, 3.05) is 33.9 Å². The molecule has 1 unspecified atom stereocenters. The van der Waals surface area contributed by atoms with Crippen LogP contribution in [0.5, 0.6) is 5.75 Å². The fraction of sp³-hybridized carbons (Fsp3) is 0.600. The van der Waals surface area contributed by atoms with E-state index in [1.54, 1.807) is 14.2 Å². The molecular formula is C20H34N4O3. The summed E-state index contributed by atoms with van der Waals surface area (Å²) < 4.78 is 10.9. The number of carbonyl (C=O) groups excluding carboxylic acids is 1. The number of hydrogen-bond acceptors (Lipinski definition) is 4. The van der Waals surface area contributed by atoms with Gasteiger partial charge in [0.05, 0.1) is 19.8 Å². The van der Waals surface area contributed by atoms with Gasteiger partial charge in [-0.3, -0.25) is 9.79 Å². The number of nitrogens with zero attached hydrogens (tertiary/aromatic N) is 1. The average molecular weight is 379 g/mol. The third-order valence-corrected chi connectivity index (χ3v) is 4.13. The molecule has 0 radical (unpaired) electrons. The number of nitrogens with one attached hydrogen (secondary N) is 3. The highest BCUT2D eigenvalue weighted by Crippen LogP contribution is 2.11. The first-order valence-corrected chi connectivity index (χ1v) is 9.45. The van der Waals surface area contributed by atoms with Gasteiger partial charge in [-0.15, -0.1) is 0 Å². The fourth-order valence-electron chi connectivity index (χ4n) is 2.55. The normalized spacial score (nSPS) is 12.6. The molecule has 7 heteroatoms. The highest BCUT2D eigenvalue weighted by Gasteiger charge is 2.13. The average Bonchev–Trinajstić information content (AvgIpc) is 2.68. The van der Waals surface area contributed by atoms with Crippen molar-refractivity contribution in [3.05, 3.63) is 29.8 Å². The number of aliphatic imine (C=N–C) groups is 1. The number of benzene rings is 1. The summed E-state index contributed by atoms with van der Waals surface area (Å²) in [6.45, 7) is 8.39. The number of carbonyl (C=O) groups is 1. The van der Waals surface area contributed by atoms with Gasteiger partial charge in [-0.25, -0.2) is 0 Å². The van der Waals surface area contributed by atoms with Gasteiger partial charge in [0.2, 0.25) is 5.91 Å². The van der Waals surface area contributed by atoms with Crippen molar-refractivity contribution >= 4 is 11.9 Å². The van der Waals surface area contributed by atoms with E-state index in [0.29, 0.717) is 25.0 Å². The van der Waals surface area contributed by atoms with Gasteiger partial charge in [0.15, 0.2) is 5.96 Å². The smallest absolute Gasteiger partial charge is 0.239 e. The first-order valence-electron chi connectivity index (χ1n) is 9.45. The summed E-state index contributed by atoms with van der Waals surface area (Å²) in [5, 5.41) is 9.12. The minimum Gasteiger partial charge on any atom is -0.497 e. The van der Waals surface area contributed by atoms with Crippen LogP contribution >= 0.6 is 0 Å². The van der Waals surface area contributed by atoms with Crippen LogP contribution in [0.15, 0.2) is 29.3 Å². The number of guanidine groups is 1. The van der Waals surface area contributed by atoms with Crippen LogP contribution in [0.25, 0.3) is 0 Å². The zero-order valence-corrected chi connectivity index (χ0v) is 17.2. The molecule has 27 heavy (non-hydrogen) atoms. The van der Waals surface area contributed by atoms with Crippen LogP contribution in [-0.2, 0) is 16.1 Å². The molecule has 0 saturated carbocycles. The molecule has 0 aliphatic heterocycles. The van der Waals surface area contributed by atoms with E-state index in [-0.39, 0.29) is 18.6 Å². The Morgan fingerprint density at radius 2 is 1.85 bits per heavy atom. The summed E-state index contributed by atoms with van der Waals surface area (Å²) in [5.74, 6) is 1.77. The van der Waals surface area contributed by atoms with Crippen LogP contribution in [0.4, 0.5) is 0 Å². The summed E-state index contributed by atoms with van der Waals surface area (Å²) in [6, 6.07) is 7.60. The lowest BCUT2D eigenvalue weighted by atomic mass is 10.0. The van der Waals surface area contributed by atoms with E-state index < -0.39 is 0 Å². The summed E-state index contributed by atoms with van der Waals surface area (Å²) >= 11 is 0. The largest absolute Gasteiger partial charge is 0.497 e. The lowest BCUT2D eigenvalue weighted by Gasteiger charge is -2.21. The maximum atomic E-state index is 12.0. The van der Waals surface area contributed by atoms with E-state index in [2.05, 4.69) is 34.8 Å². The zero-order valence-electron chi connectivity index (χ0n) is 17.2. The molecule has 0 spiro atoms. The minimum atomic E-state index is -0.0943. The molecule has 1 amide bonds. The Morgan fingerprint density at radius 3 is 2.41 bits per heavy atom. The lowest BCUT2D eigenvalue weighted by molar-refractivity contribution is -0.120. The summed E-state index contributed by atoms with van der Waals surface area (Å²) in [5.41, 5.74) is 1.02. The lowest BCUT2D eigenvalue weighted by Crippen LogP contribution is -2.44. The first-order chi connectivity index (χ1) is 13.0. The first kappa shape index (κ1) is 22.8. The van der Waals surface area contributed by atoms with E-state index in [9.17, 15) is 4.79 Å². The summed E-state index contributed by atoms with van der Waals surface area (Å²) in [6.07, 6.45) is 1.10. The Hall–Kier alpha value is -2.28. The van der Waals surface area contributed by atoms with Gasteiger partial charge in [0.25, 0.3) is 0 Å². The topological polar surface area (TPSA) is 84.0 Å². The Bertz CT molecular complexity index is 573. The van der Waals surface area contributed by atoms with Crippen LogP contribution in [0.1, 0.15) is 32.8 Å². The molecule has 1 rings (SSSR count). The summed E-state index contributed by atoms with van der Waals surface area (Å²) in [4.78, 5) is 16.2. The second-order valence-electron chi connectivity index (χ2n) is 6.50. The molecule has 3 N–H and O–H groups in total. The fourth-order valence-corrected chi connectivity index (χ4v) is 2.55. The van der Waals surface area contributed by atoms with E-state index >= 15 is 0 Å². The Kier molecular flexibility index (Phi) is 10.9. The number of hydrogen-bond donors (Lipinski definition) is 3. The highest BCUT2D eigenvalue weighted by molar-refractivity contribution is 5.86. The third-order valence-electron chi connectivity index (χ3n) is 4.13. The van der Waals surface area contributed by atoms with Crippen LogP contribution in [0.2, 0.25) is 0 Å². The van der Waals surface area contributed by atoms with Crippen LogP contribution < -0.4 is 20.7 Å². The minimum absolute atomic E-state index is 0.0943.